The predicted molar refractivity (Wildman–Crippen MR) is 60.2 cm³/mol. The minimum Gasteiger partial charge on any atom is -0.348 e. The Morgan fingerprint density at radius 2 is 2.06 bits per heavy atom. The summed E-state index contributed by atoms with van der Waals surface area (Å²) in [4.78, 5) is 11.7. The number of nitriles is 1. The highest BCUT2D eigenvalue weighted by Gasteiger charge is 2.34. The molecule has 2 rings (SSSR count). The smallest absolute Gasteiger partial charge is 0.238 e. The molecule has 0 saturated carbocycles. The quantitative estimate of drug-likeness (QED) is 0.777. The van der Waals surface area contributed by atoms with Crippen LogP contribution in [0.5, 0.6) is 0 Å². The molecule has 1 heterocycles. The van der Waals surface area contributed by atoms with E-state index in [9.17, 15) is 4.79 Å². The van der Waals surface area contributed by atoms with Crippen LogP contribution in [-0.2, 0) is 4.79 Å². The third-order valence-corrected chi connectivity index (χ3v) is 3.12. The van der Waals surface area contributed by atoms with Crippen LogP contribution in [0.25, 0.3) is 0 Å². The molecule has 0 radical (unpaired) electrons. The summed E-state index contributed by atoms with van der Waals surface area (Å²) in [5.41, 5.74) is 1.11. The lowest BCUT2D eigenvalue weighted by molar-refractivity contribution is -0.127. The van der Waals surface area contributed by atoms with Gasteiger partial charge in [0.15, 0.2) is 0 Å². The van der Waals surface area contributed by atoms with Gasteiger partial charge in [0, 0.05) is 0 Å². The monoisotopic (exact) mass is 214 g/mol. The standard InChI is InChI=1S/C13H14N2O/c1-9-7-12(10-5-3-2-4-6-10)15-13(16)11(9)8-14/h2-6,9,11-12H,7H2,1H3,(H,15,16). The molecule has 3 unspecified atom stereocenters. The van der Waals surface area contributed by atoms with Crippen LogP contribution >= 0.6 is 0 Å². The minimum atomic E-state index is -0.500. The molecule has 1 N–H and O–H groups in total. The third-order valence-electron chi connectivity index (χ3n) is 3.12. The van der Waals surface area contributed by atoms with Crippen molar-refractivity contribution in [3.63, 3.8) is 0 Å². The molecule has 0 aliphatic carbocycles. The predicted octanol–water partition coefficient (Wildman–Crippen LogP) is 2.02. The van der Waals surface area contributed by atoms with Crippen LogP contribution in [0, 0.1) is 23.2 Å². The Kier molecular flexibility index (Phi) is 2.91. The van der Waals surface area contributed by atoms with Crippen molar-refractivity contribution >= 4 is 5.91 Å². The van der Waals surface area contributed by atoms with E-state index in [2.05, 4.69) is 11.4 Å². The number of piperidine rings is 1. The van der Waals surface area contributed by atoms with E-state index < -0.39 is 5.92 Å². The fourth-order valence-electron chi connectivity index (χ4n) is 2.18. The molecule has 3 nitrogen and oxygen atoms in total. The van der Waals surface area contributed by atoms with Crippen molar-refractivity contribution in [2.24, 2.45) is 11.8 Å². The first-order valence-electron chi connectivity index (χ1n) is 5.47. The summed E-state index contributed by atoms with van der Waals surface area (Å²) in [6.45, 7) is 1.96. The van der Waals surface area contributed by atoms with Gasteiger partial charge < -0.3 is 5.32 Å². The van der Waals surface area contributed by atoms with Crippen LogP contribution in [0.2, 0.25) is 0 Å². The van der Waals surface area contributed by atoms with Crippen molar-refractivity contribution in [1.29, 1.82) is 5.26 Å². The maximum absolute atomic E-state index is 11.7. The second kappa shape index (κ2) is 4.36. The molecular weight excluding hydrogens is 200 g/mol. The summed E-state index contributed by atoms with van der Waals surface area (Å²) in [5.74, 6) is -0.529. The van der Waals surface area contributed by atoms with Crippen molar-refractivity contribution < 1.29 is 4.79 Å². The molecule has 0 bridgehead atoms. The van der Waals surface area contributed by atoms with Gasteiger partial charge in [0.2, 0.25) is 5.91 Å². The van der Waals surface area contributed by atoms with Gasteiger partial charge in [-0.05, 0) is 17.9 Å². The fraction of sp³-hybridized carbons (Fsp3) is 0.385. The number of amides is 1. The molecule has 82 valence electrons. The maximum atomic E-state index is 11.7. The molecule has 1 aliphatic rings. The van der Waals surface area contributed by atoms with Crippen molar-refractivity contribution in [3.05, 3.63) is 35.9 Å². The minimum absolute atomic E-state index is 0.0494. The number of hydrogen-bond donors (Lipinski definition) is 1. The van der Waals surface area contributed by atoms with Crippen LogP contribution < -0.4 is 5.32 Å². The lowest BCUT2D eigenvalue weighted by Gasteiger charge is -2.31. The fourth-order valence-corrected chi connectivity index (χ4v) is 2.18. The van der Waals surface area contributed by atoms with Crippen LogP contribution in [-0.4, -0.2) is 5.91 Å². The van der Waals surface area contributed by atoms with Crippen LogP contribution in [0.1, 0.15) is 24.9 Å². The molecule has 1 saturated heterocycles. The molecule has 1 aliphatic heterocycles. The van der Waals surface area contributed by atoms with Gasteiger partial charge in [-0.1, -0.05) is 37.3 Å². The highest BCUT2D eigenvalue weighted by atomic mass is 16.2. The summed E-state index contributed by atoms with van der Waals surface area (Å²) in [6.07, 6.45) is 0.827. The van der Waals surface area contributed by atoms with Gasteiger partial charge in [-0.25, -0.2) is 0 Å². The summed E-state index contributed by atoms with van der Waals surface area (Å²) in [5, 5.41) is 11.8. The van der Waals surface area contributed by atoms with E-state index in [1.165, 1.54) is 0 Å². The normalized spacial score (nSPS) is 29.2. The molecular formula is C13H14N2O. The summed E-state index contributed by atoms with van der Waals surface area (Å²) in [6, 6.07) is 12.0. The van der Waals surface area contributed by atoms with E-state index in [4.69, 9.17) is 5.26 Å². The molecule has 1 amide bonds. The number of carbonyl (C=O) groups excluding carboxylic acids is 1. The number of rotatable bonds is 1. The number of nitrogens with zero attached hydrogens (tertiary/aromatic N) is 1. The molecule has 3 atom stereocenters. The van der Waals surface area contributed by atoms with Crippen LogP contribution in [0.4, 0.5) is 0 Å². The second-order valence-electron chi connectivity index (χ2n) is 4.29. The Labute approximate surface area is 95.1 Å². The lowest BCUT2D eigenvalue weighted by Crippen LogP contribution is -2.42. The van der Waals surface area contributed by atoms with E-state index in [-0.39, 0.29) is 17.9 Å². The number of nitrogens with one attached hydrogen (secondary N) is 1. The number of carbonyl (C=O) groups is 1. The van der Waals surface area contributed by atoms with Crippen LogP contribution in [0.15, 0.2) is 30.3 Å². The maximum Gasteiger partial charge on any atom is 0.238 e. The Morgan fingerprint density at radius 1 is 1.38 bits per heavy atom. The zero-order valence-electron chi connectivity index (χ0n) is 9.18. The van der Waals surface area contributed by atoms with E-state index in [0.717, 1.165) is 12.0 Å². The molecule has 0 spiro atoms. The Balaban J connectivity index is 2.17. The lowest BCUT2D eigenvalue weighted by atomic mass is 9.82. The number of hydrogen-bond acceptors (Lipinski definition) is 2. The van der Waals surface area contributed by atoms with E-state index >= 15 is 0 Å². The van der Waals surface area contributed by atoms with Gasteiger partial charge in [0.25, 0.3) is 0 Å². The highest BCUT2D eigenvalue weighted by molar-refractivity contribution is 5.82. The SMILES string of the molecule is CC1CC(c2ccccc2)NC(=O)C1C#N. The molecule has 1 aromatic carbocycles. The van der Waals surface area contributed by atoms with Gasteiger partial charge >= 0.3 is 0 Å². The summed E-state index contributed by atoms with van der Waals surface area (Å²) in [7, 11) is 0. The van der Waals surface area contributed by atoms with Crippen LogP contribution in [0.3, 0.4) is 0 Å². The first-order valence-corrected chi connectivity index (χ1v) is 5.47. The van der Waals surface area contributed by atoms with Gasteiger partial charge in [-0.15, -0.1) is 0 Å². The van der Waals surface area contributed by atoms with Crippen molar-refractivity contribution in [2.75, 3.05) is 0 Å². The molecule has 1 fully saturated rings. The van der Waals surface area contributed by atoms with E-state index in [0.29, 0.717) is 0 Å². The first-order chi connectivity index (χ1) is 7.72. The van der Waals surface area contributed by atoms with Gasteiger partial charge in [-0.2, -0.15) is 5.26 Å². The second-order valence-corrected chi connectivity index (χ2v) is 4.29. The van der Waals surface area contributed by atoms with Gasteiger partial charge in [-0.3, -0.25) is 4.79 Å². The average Bonchev–Trinajstić information content (AvgIpc) is 2.30. The van der Waals surface area contributed by atoms with E-state index in [1.807, 2.05) is 37.3 Å². The molecule has 1 aromatic rings. The molecule has 16 heavy (non-hydrogen) atoms. The largest absolute Gasteiger partial charge is 0.348 e. The van der Waals surface area contributed by atoms with Crippen molar-refractivity contribution in [1.82, 2.24) is 5.32 Å². The zero-order valence-corrected chi connectivity index (χ0v) is 9.18. The topological polar surface area (TPSA) is 52.9 Å². The first kappa shape index (κ1) is 10.7. The third kappa shape index (κ3) is 1.92. The number of benzene rings is 1. The van der Waals surface area contributed by atoms with Gasteiger partial charge in [0.1, 0.15) is 5.92 Å². The average molecular weight is 214 g/mol. The molecule has 0 aromatic heterocycles. The Bertz CT molecular complexity index is 421. The van der Waals surface area contributed by atoms with E-state index in [1.54, 1.807) is 0 Å². The summed E-state index contributed by atoms with van der Waals surface area (Å²) < 4.78 is 0. The van der Waals surface area contributed by atoms with Gasteiger partial charge in [0.05, 0.1) is 12.1 Å². The van der Waals surface area contributed by atoms with Crippen molar-refractivity contribution in [2.45, 2.75) is 19.4 Å². The molecule has 3 heteroatoms. The Morgan fingerprint density at radius 3 is 2.62 bits per heavy atom. The highest BCUT2D eigenvalue weighted by Crippen LogP contribution is 2.30. The zero-order chi connectivity index (χ0) is 11.5. The van der Waals surface area contributed by atoms with Crippen molar-refractivity contribution in [3.8, 4) is 6.07 Å². The summed E-state index contributed by atoms with van der Waals surface area (Å²) >= 11 is 0. The Hall–Kier alpha value is -1.82.